The first kappa shape index (κ1) is 23.6. The number of carbonyl (C=O) groups is 1. The lowest BCUT2D eigenvalue weighted by molar-refractivity contribution is 0.0975. The molecule has 1 saturated carbocycles. The van der Waals surface area contributed by atoms with Crippen molar-refractivity contribution in [3.63, 3.8) is 0 Å². The summed E-state index contributed by atoms with van der Waals surface area (Å²) in [7, 11) is 2.11. The van der Waals surface area contributed by atoms with Crippen LogP contribution < -0.4 is 0 Å². The molecule has 0 unspecified atom stereocenters. The van der Waals surface area contributed by atoms with Gasteiger partial charge in [0.1, 0.15) is 11.6 Å². The normalized spacial score (nSPS) is 15.3. The third-order valence-corrected chi connectivity index (χ3v) is 6.12. The molecule has 0 bridgehead atoms. The third kappa shape index (κ3) is 6.38. The maximum absolute atomic E-state index is 13.0. The van der Waals surface area contributed by atoms with Gasteiger partial charge in [0.15, 0.2) is 5.78 Å². The van der Waals surface area contributed by atoms with Crippen LogP contribution in [0.5, 0.6) is 5.75 Å². The lowest BCUT2D eigenvalue weighted by atomic mass is 9.76. The molecular weight excluding hydrogens is 433 g/mol. The second kappa shape index (κ2) is 10.9. The van der Waals surface area contributed by atoms with Crippen molar-refractivity contribution in [3.05, 3.63) is 65.5 Å². The summed E-state index contributed by atoms with van der Waals surface area (Å²) < 4.78 is 13.0. The van der Waals surface area contributed by atoms with Crippen molar-refractivity contribution < 1.29 is 14.3 Å². The van der Waals surface area contributed by atoms with Crippen LogP contribution in [0.15, 0.2) is 48.5 Å². The van der Waals surface area contributed by atoms with Crippen molar-refractivity contribution >= 4 is 22.8 Å². The molecular formula is C24H31BrFNO2. The molecule has 0 saturated heterocycles. The first-order chi connectivity index (χ1) is 13.5. The Kier molecular flexibility index (Phi) is 8.84. The van der Waals surface area contributed by atoms with E-state index < -0.39 is 0 Å². The van der Waals surface area contributed by atoms with Gasteiger partial charge in [-0.1, -0.05) is 25.0 Å². The number of ketones is 1. The van der Waals surface area contributed by atoms with Gasteiger partial charge < -0.3 is 10.0 Å². The number of benzene rings is 2. The van der Waals surface area contributed by atoms with E-state index in [2.05, 4.69) is 24.1 Å². The SMILES string of the molecule is Br.CN(CCCC(=O)c1ccc(F)cc1)CCC1(c2ccc(O)cc2)CCCC1. The van der Waals surface area contributed by atoms with Crippen molar-refractivity contribution in [2.45, 2.75) is 50.4 Å². The van der Waals surface area contributed by atoms with E-state index in [1.54, 1.807) is 24.3 Å². The number of hydrogen-bond donors (Lipinski definition) is 1. The van der Waals surface area contributed by atoms with Crippen LogP contribution >= 0.6 is 17.0 Å². The van der Waals surface area contributed by atoms with Gasteiger partial charge in [-0.05, 0) is 93.2 Å². The maximum Gasteiger partial charge on any atom is 0.162 e. The molecule has 29 heavy (non-hydrogen) atoms. The number of phenolic OH excluding ortho intramolecular Hbond substituents is 1. The lowest BCUT2D eigenvalue weighted by Crippen LogP contribution is -2.30. The molecule has 1 aliphatic rings. The molecule has 0 heterocycles. The fourth-order valence-corrected chi connectivity index (χ4v) is 4.36. The van der Waals surface area contributed by atoms with Gasteiger partial charge in [-0.15, -0.1) is 17.0 Å². The van der Waals surface area contributed by atoms with E-state index in [1.165, 1.54) is 43.4 Å². The number of carbonyl (C=O) groups excluding carboxylic acids is 1. The van der Waals surface area contributed by atoms with Gasteiger partial charge in [0.05, 0.1) is 0 Å². The summed E-state index contributed by atoms with van der Waals surface area (Å²) in [6.45, 7) is 1.87. The van der Waals surface area contributed by atoms with E-state index >= 15 is 0 Å². The minimum absolute atomic E-state index is 0. The second-order valence-corrected chi connectivity index (χ2v) is 8.12. The van der Waals surface area contributed by atoms with Crippen molar-refractivity contribution in [2.75, 3.05) is 20.1 Å². The zero-order valence-electron chi connectivity index (χ0n) is 17.1. The van der Waals surface area contributed by atoms with E-state index in [4.69, 9.17) is 0 Å². The average Bonchev–Trinajstić information content (AvgIpc) is 3.17. The molecule has 0 aromatic heterocycles. The highest BCUT2D eigenvalue weighted by molar-refractivity contribution is 8.93. The first-order valence-electron chi connectivity index (χ1n) is 10.3. The molecule has 1 N–H and O–H groups in total. The molecule has 1 fully saturated rings. The number of rotatable bonds is 9. The van der Waals surface area contributed by atoms with Crippen molar-refractivity contribution in [2.24, 2.45) is 0 Å². The minimum atomic E-state index is -0.314. The van der Waals surface area contributed by atoms with Crippen LogP contribution in [-0.4, -0.2) is 35.9 Å². The van der Waals surface area contributed by atoms with Crippen LogP contribution in [0.25, 0.3) is 0 Å². The molecule has 2 aromatic rings. The Bertz CT molecular complexity index is 770. The molecule has 2 aromatic carbocycles. The molecule has 0 radical (unpaired) electrons. The fraction of sp³-hybridized carbons (Fsp3) is 0.458. The highest BCUT2D eigenvalue weighted by Gasteiger charge is 2.35. The zero-order valence-corrected chi connectivity index (χ0v) is 18.8. The Morgan fingerprint density at radius 3 is 2.28 bits per heavy atom. The Morgan fingerprint density at radius 1 is 1.03 bits per heavy atom. The number of hydrogen-bond acceptors (Lipinski definition) is 3. The molecule has 3 rings (SSSR count). The Morgan fingerprint density at radius 2 is 1.66 bits per heavy atom. The van der Waals surface area contributed by atoms with Gasteiger partial charge in [-0.2, -0.15) is 0 Å². The van der Waals surface area contributed by atoms with Gasteiger partial charge in [0, 0.05) is 12.0 Å². The second-order valence-electron chi connectivity index (χ2n) is 8.12. The summed E-state index contributed by atoms with van der Waals surface area (Å²) in [6, 6.07) is 13.5. The van der Waals surface area contributed by atoms with E-state index in [-0.39, 0.29) is 34.0 Å². The third-order valence-electron chi connectivity index (χ3n) is 6.12. The fourth-order valence-electron chi connectivity index (χ4n) is 4.36. The van der Waals surface area contributed by atoms with Crippen molar-refractivity contribution in [1.29, 1.82) is 0 Å². The molecule has 5 heteroatoms. The summed E-state index contributed by atoms with van der Waals surface area (Å²) in [5.41, 5.74) is 2.13. The minimum Gasteiger partial charge on any atom is -0.508 e. The first-order valence-corrected chi connectivity index (χ1v) is 10.3. The summed E-state index contributed by atoms with van der Waals surface area (Å²) >= 11 is 0. The van der Waals surface area contributed by atoms with E-state index in [0.29, 0.717) is 17.7 Å². The van der Waals surface area contributed by atoms with Gasteiger partial charge >= 0.3 is 0 Å². The number of aromatic hydroxyl groups is 1. The van der Waals surface area contributed by atoms with Crippen LogP contribution in [0.2, 0.25) is 0 Å². The Labute approximate surface area is 183 Å². The summed E-state index contributed by atoms with van der Waals surface area (Å²) in [5, 5.41) is 9.59. The van der Waals surface area contributed by atoms with Crippen LogP contribution in [0, 0.1) is 5.82 Å². The van der Waals surface area contributed by atoms with E-state index in [1.807, 2.05) is 0 Å². The van der Waals surface area contributed by atoms with E-state index in [9.17, 15) is 14.3 Å². The standard InChI is InChI=1S/C24H30FNO2.BrH/c1-26(17-4-5-23(28)19-6-10-21(25)11-7-19)18-16-24(14-2-3-15-24)20-8-12-22(27)13-9-20;/h6-13,27H,2-5,14-18H2,1H3;1H. The Balaban J connectivity index is 0.00000300. The Hall–Kier alpha value is -1.72. The quantitative estimate of drug-likeness (QED) is 0.470. The topological polar surface area (TPSA) is 40.5 Å². The predicted octanol–water partition coefficient (Wildman–Crippen LogP) is 5.91. The maximum atomic E-state index is 13.0. The largest absolute Gasteiger partial charge is 0.508 e. The van der Waals surface area contributed by atoms with Crippen LogP contribution in [0.1, 0.15) is 60.9 Å². The number of Topliss-reactive ketones (excluding diaryl/α,β-unsaturated/α-hetero) is 1. The summed E-state index contributed by atoms with van der Waals surface area (Å²) in [6.07, 6.45) is 7.31. The lowest BCUT2D eigenvalue weighted by Gasteiger charge is -2.32. The van der Waals surface area contributed by atoms with Gasteiger partial charge in [0.25, 0.3) is 0 Å². The molecule has 0 amide bonds. The number of phenols is 1. The van der Waals surface area contributed by atoms with Crippen LogP contribution in [0.3, 0.4) is 0 Å². The van der Waals surface area contributed by atoms with Crippen molar-refractivity contribution in [3.8, 4) is 5.75 Å². The zero-order chi connectivity index (χ0) is 20.0. The van der Waals surface area contributed by atoms with Crippen LogP contribution in [0.4, 0.5) is 4.39 Å². The van der Waals surface area contributed by atoms with E-state index in [0.717, 1.165) is 25.9 Å². The molecule has 0 atom stereocenters. The van der Waals surface area contributed by atoms with Gasteiger partial charge in [-0.25, -0.2) is 4.39 Å². The number of halogens is 2. The smallest absolute Gasteiger partial charge is 0.162 e. The molecule has 0 spiro atoms. The molecule has 158 valence electrons. The van der Waals surface area contributed by atoms with Crippen LogP contribution in [-0.2, 0) is 5.41 Å². The summed E-state index contributed by atoms with van der Waals surface area (Å²) in [5.74, 6) is 0.0790. The monoisotopic (exact) mass is 463 g/mol. The number of nitrogens with zero attached hydrogens (tertiary/aromatic N) is 1. The van der Waals surface area contributed by atoms with Gasteiger partial charge in [0.2, 0.25) is 0 Å². The predicted molar refractivity (Wildman–Crippen MR) is 121 cm³/mol. The van der Waals surface area contributed by atoms with Crippen molar-refractivity contribution in [1.82, 2.24) is 4.90 Å². The summed E-state index contributed by atoms with van der Waals surface area (Å²) in [4.78, 5) is 14.5. The molecule has 1 aliphatic carbocycles. The highest BCUT2D eigenvalue weighted by atomic mass is 79.9. The molecule has 0 aliphatic heterocycles. The average molecular weight is 464 g/mol. The highest BCUT2D eigenvalue weighted by Crippen LogP contribution is 2.44. The molecule has 3 nitrogen and oxygen atoms in total. The van der Waals surface area contributed by atoms with Gasteiger partial charge in [-0.3, -0.25) is 4.79 Å².